The number of alkyl halides is 3. The summed E-state index contributed by atoms with van der Waals surface area (Å²) in [5.41, 5.74) is -0.285. The van der Waals surface area contributed by atoms with Gasteiger partial charge in [0, 0.05) is 11.1 Å². The van der Waals surface area contributed by atoms with E-state index in [1.54, 1.807) is 0 Å². The van der Waals surface area contributed by atoms with Crippen LogP contribution in [0.3, 0.4) is 0 Å². The van der Waals surface area contributed by atoms with E-state index in [2.05, 4.69) is 9.73 Å². The molecule has 0 aliphatic heterocycles. The predicted molar refractivity (Wildman–Crippen MR) is 45.9 cm³/mol. The predicted octanol–water partition coefficient (Wildman–Crippen LogP) is 3.21. The number of nitrogens with zero attached hydrogens (tertiary/aromatic N) is 1. The van der Waals surface area contributed by atoms with Gasteiger partial charge in [0.05, 0.1) is 0 Å². The third-order valence-corrected chi connectivity index (χ3v) is 1.55. The lowest BCUT2D eigenvalue weighted by Gasteiger charge is -2.10. The van der Waals surface area contributed by atoms with Crippen LogP contribution in [0.5, 0.6) is 5.75 Å². The molecule has 0 saturated heterocycles. The number of benzene rings is 1. The van der Waals surface area contributed by atoms with Gasteiger partial charge in [0.15, 0.2) is 5.75 Å². The van der Waals surface area contributed by atoms with Crippen LogP contribution in [0.15, 0.2) is 23.2 Å². The van der Waals surface area contributed by atoms with E-state index in [1.807, 2.05) is 0 Å². The summed E-state index contributed by atoms with van der Waals surface area (Å²) in [6.45, 7) is 0. The lowest BCUT2D eigenvalue weighted by atomic mass is 10.3. The maximum absolute atomic E-state index is 11.9. The zero-order valence-electron chi connectivity index (χ0n) is 7.01. The van der Waals surface area contributed by atoms with Crippen molar-refractivity contribution in [3.63, 3.8) is 0 Å². The molecule has 80 valence electrons. The largest absolute Gasteiger partial charge is 0.573 e. The summed E-state index contributed by atoms with van der Waals surface area (Å²) in [5.74, 6) is -0.640. The molecule has 1 rings (SSSR count). The number of rotatable bonds is 2. The zero-order chi connectivity index (χ0) is 11.5. The molecule has 0 heterocycles. The molecular formula is C8H3ClF3NO2. The minimum Gasteiger partial charge on any atom is -0.403 e. The van der Waals surface area contributed by atoms with Gasteiger partial charge in [-0.15, -0.1) is 13.2 Å². The summed E-state index contributed by atoms with van der Waals surface area (Å²) in [7, 11) is 0. The molecule has 15 heavy (non-hydrogen) atoms. The quantitative estimate of drug-likeness (QED) is 0.585. The smallest absolute Gasteiger partial charge is 0.403 e. The number of halogens is 4. The standard InChI is InChI=1S/C8H3ClF3NO2/c9-5-1-2-6(13-4-14)7(3-5)15-8(10,11)12/h1-3H. The molecule has 0 aliphatic rings. The average molecular weight is 238 g/mol. The van der Waals surface area contributed by atoms with Gasteiger partial charge >= 0.3 is 6.36 Å². The van der Waals surface area contributed by atoms with E-state index in [9.17, 15) is 18.0 Å². The third-order valence-electron chi connectivity index (χ3n) is 1.31. The number of hydrogen-bond donors (Lipinski definition) is 0. The van der Waals surface area contributed by atoms with Crippen molar-refractivity contribution in [2.75, 3.05) is 0 Å². The van der Waals surface area contributed by atoms with Crippen molar-refractivity contribution in [2.24, 2.45) is 4.99 Å². The number of ether oxygens (including phenoxy) is 1. The molecule has 0 amide bonds. The monoisotopic (exact) mass is 237 g/mol. The first-order valence-corrected chi connectivity index (χ1v) is 3.93. The van der Waals surface area contributed by atoms with Gasteiger partial charge in [0.25, 0.3) is 0 Å². The molecule has 0 unspecified atom stereocenters. The summed E-state index contributed by atoms with van der Waals surface area (Å²) in [4.78, 5) is 13.0. The van der Waals surface area contributed by atoms with E-state index < -0.39 is 12.1 Å². The second-order valence-electron chi connectivity index (χ2n) is 2.36. The molecule has 0 saturated carbocycles. The van der Waals surface area contributed by atoms with Gasteiger partial charge in [-0.2, -0.15) is 4.99 Å². The zero-order valence-corrected chi connectivity index (χ0v) is 7.76. The number of carbonyl (C=O) groups excluding carboxylic acids is 1. The Morgan fingerprint density at radius 2 is 2.07 bits per heavy atom. The fourth-order valence-electron chi connectivity index (χ4n) is 0.836. The number of isocyanates is 1. The topological polar surface area (TPSA) is 38.7 Å². The minimum absolute atomic E-state index is 0.0408. The van der Waals surface area contributed by atoms with Crippen LogP contribution in [-0.2, 0) is 4.79 Å². The number of hydrogen-bond acceptors (Lipinski definition) is 3. The molecule has 0 bridgehead atoms. The van der Waals surface area contributed by atoms with Gasteiger partial charge in [0.1, 0.15) is 5.69 Å². The van der Waals surface area contributed by atoms with Gasteiger partial charge in [-0.05, 0) is 12.1 Å². The van der Waals surface area contributed by atoms with Crippen molar-refractivity contribution in [3.05, 3.63) is 23.2 Å². The Morgan fingerprint density at radius 3 is 2.60 bits per heavy atom. The first kappa shape index (κ1) is 11.6. The highest BCUT2D eigenvalue weighted by atomic mass is 35.5. The fraction of sp³-hybridized carbons (Fsp3) is 0.125. The van der Waals surface area contributed by atoms with Crippen LogP contribution in [0.1, 0.15) is 0 Å². The van der Waals surface area contributed by atoms with Crippen molar-refractivity contribution in [1.82, 2.24) is 0 Å². The molecular weight excluding hydrogens is 235 g/mol. The highest BCUT2D eigenvalue weighted by molar-refractivity contribution is 6.30. The van der Waals surface area contributed by atoms with E-state index in [0.717, 1.165) is 18.2 Å². The molecule has 7 heteroatoms. The lowest BCUT2D eigenvalue weighted by molar-refractivity contribution is -0.274. The summed E-state index contributed by atoms with van der Waals surface area (Å²) >= 11 is 5.46. The van der Waals surface area contributed by atoms with Crippen LogP contribution in [0.4, 0.5) is 18.9 Å². The van der Waals surface area contributed by atoms with E-state index in [-0.39, 0.29) is 10.7 Å². The molecule has 0 atom stereocenters. The van der Waals surface area contributed by atoms with Crippen LogP contribution in [0, 0.1) is 0 Å². The van der Waals surface area contributed by atoms with Crippen molar-refractivity contribution >= 4 is 23.4 Å². The Balaban J connectivity index is 3.13. The maximum Gasteiger partial charge on any atom is 0.573 e. The first-order valence-electron chi connectivity index (χ1n) is 3.55. The summed E-state index contributed by atoms with van der Waals surface area (Å²) in [5, 5.41) is 0.0408. The molecule has 0 N–H and O–H groups in total. The molecule has 0 aromatic heterocycles. The molecule has 0 aliphatic carbocycles. The molecule has 1 aromatic rings. The second-order valence-corrected chi connectivity index (χ2v) is 2.80. The Kier molecular flexibility index (Phi) is 3.34. The van der Waals surface area contributed by atoms with Crippen LogP contribution in [0.2, 0.25) is 5.02 Å². The molecule has 0 spiro atoms. The third kappa shape index (κ3) is 3.61. The number of aliphatic imine (C=N–C) groups is 1. The van der Waals surface area contributed by atoms with Gasteiger partial charge < -0.3 is 4.74 Å². The van der Waals surface area contributed by atoms with Crippen LogP contribution in [-0.4, -0.2) is 12.4 Å². The second kappa shape index (κ2) is 4.33. The van der Waals surface area contributed by atoms with Crippen molar-refractivity contribution < 1.29 is 22.7 Å². The van der Waals surface area contributed by atoms with E-state index in [0.29, 0.717) is 0 Å². The lowest BCUT2D eigenvalue weighted by Crippen LogP contribution is -2.17. The SMILES string of the molecule is O=C=Nc1ccc(Cl)cc1OC(F)(F)F. The van der Waals surface area contributed by atoms with Crippen molar-refractivity contribution in [1.29, 1.82) is 0 Å². The molecule has 3 nitrogen and oxygen atoms in total. The Labute approximate surface area is 87.1 Å². The van der Waals surface area contributed by atoms with E-state index in [4.69, 9.17) is 11.6 Å². The maximum atomic E-state index is 11.9. The van der Waals surface area contributed by atoms with Crippen LogP contribution in [0.25, 0.3) is 0 Å². The van der Waals surface area contributed by atoms with E-state index >= 15 is 0 Å². The summed E-state index contributed by atoms with van der Waals surface area (Å²) in [6.07, 6.45) is -3.75. The Hall–Kier alpha value is -1.52. The fourth-order valence-corrected chi connectivity index (χ4v) is 0.998. The van der Waals surface area contributed by atoms with Crippen molar-refractivity contribution in [3.8, 4) is 5.75 Å². The highest BCUT2D eigenvalue weighted by Crippen LogP contribution is 2.34. The van der Waals surface area contributed by atoms with Gasteiger partial charge in [-0.25, -0.2) is 4.79 Å². The Morgan fingerprint density at radius 1 is 1.40 bits per heavy atom. The van der Waals surface area contributed by atoms with Crippen molar-refractivity contribution in [2.45, 2.75) is 6.36 Å². The normalized spacial score (nSPS) is 10.7. The van der Waals surface area contributed by atoms with Crippen LogP contribution < -0.4 is 4.74 Å². The average Bonchev–Trinajstić information content (AvgIpc) is 2.07. The summed E-state index contributed by atoms with van der Waals surface area (Å²) in [6, 6.07) is 3.31. The van der Waals surface area contributed by atoms with Gasteiger partial charge in [-0.3, -0.25) is 0 Å². The van der Waals surface area contributed by atoms with Gasteiger partial charge in [0.2, 0.25) is 6.08 Å². The molecule has 0 radical (unpaired) electrons. The highest BCUT2D eigenvalue weighted by Gasteiger charge is 2.32. The van der Waals surface area contributed by atoms with Crippen LogP contribution >= 0.6 is 11.6 Å². The first-order chi connectivity index (χ1) is 6.92. The summed E-state index contributed by atoms with van der Waals surface area (Å²) < 4.78 is 39.3. The Bertz CT molecular complexity index is 413. The molecule has 0 fully saturated rings. The minimum atomic E-state index is -4.86. The van der Waals surface area contributed by atoms with E-state index in [1.165, 1.54) is 6.07 Å². The van der Waals surface area contributed by atoms with Gasteiger partial charge in [-0.1, -0.05) is 11.6 Å². The molecule has 1 aromatic carbocycles.